The summed E-state index contributed by atoms with van der Waals surface area (Å²) in [6, 6.07) is 101. The number of nitrogens with zero attached hydrogens (tertiary/aromatic N) is 3. The lowest BCUT2D eigenvalue weighted by molar-refractivity contribution is 0.401. The number of unbranched alkanes of at least 4 members (excludes halogenated alkanes) is 6. The molecule has 0 bridgehead atoms. The first-order chi connectivity index (χ1) is 41.5. The highest BCUT2D eigenvalue weighted by atomic mass is 15.2. The van der Waals surface area contributed by atoms with Crippen LogP contribution in [0.1, 0.15) is 100 Å². The van der Waals surface area contributed by atoms with Crippen LogP contribution in [0.4, 0.5) is 51.2 Å². The third-order valence-electron chi connectivity index (χ3n) is 17.9. The molecule has 0 atom stereocenters. The van der Waals surface area contributed by atoms with Crippen LogP contribution < -0.4 is 14.7 Å². The Balaban J connectivity index is 0.851. The van der Waals surface area contributed by atoms with E-state index in [1.807, 2.05) is 0 Å². The van der Waals surface area contributed by atoms with E-state index in [1.54, 1.807) is 0 Å². The summed E-state index contributed by atoms with van der Waals surface area (Å²) in [6.45, 7) is 4.66. The number of benzene rings is 11. The van der Waals surface area contributed by atoms with E-state index < -0.39 is 0 Å². The summed E-state index contributed by atoms with van der Waals surface area (Å²) in [5, 5.41) is 0. The van der Waals surface area contributed by atoms with Gasteiger partial charge in [0.05, 0.1) is 0 Å². The zero-order valence-corrected chi connectivity index (χ0v) is 48.8. The van der Waals surface area contributed by atoms with E-state index in [9.17, 15) is 0 Å². The highest BCUT2D eigenvalue weighted by Gasteiger charge is 2.42. The third-order valence-corrected chi connectivity index (χ3v) is 17.9. The van der Waals surface area contributed by atoms with E-state index in [2.05, 4.69) is 302 Å². The minimum absolute atomic E-state index is 0.0287. The molecular weight excluding hydrogens is 1010 g/mol. The molecule has 0 saturated heterocycles. The average molecular weight is 1090 g/mol. The normalized spacial score (nSPS) is 12.6. The van der Waals surface area contributed by atoms with Gasteiger partial charge in [-0.25, -0.2) is 0 Å². The second kappa shape index (κ2) is 24.7. The Hall–Kier alpha value is -9.18. The molecule has 0 heterocycles. The number of aryl methyl sites for hydroxylation is 2. The molecule has 0 aliphatic heterocycles. The molecular formula is C81H75N3. The molecule has 0 unspecified atom stereocenters. The summed E-state index contributed by atoms with van der Waals surface area (Å²) in [6.07, 6.45) is 14.8. The minimum Gasteiger partial charge on any atom is -0.311 e. The van der Waals surface area contributed by atoms with Gasteiger partial charge in [0.1, 0.15) is 0 Å². The molecule has 13 rings (SSSR count). The second-order valence-electron chi connectivity index (χ2n) is 23.2. The van der Waals surface area contributed by atoms with Crippen molar-refractivity contribution in [2.75, 3.05) is 14.7 Å². The molecule has 0 saturated carbocycles. The highest BCUT2D eigenvalue weighted by molar-refractivity contribution is 5.88. The largest absolute Gasteiger partial charge is 0.311 e. The van der Waals surface area contributed by atoms with E-state index in [1.165, 1.54) is 149 Å². The summed E-state index contributed by atoms with van der Waals surface area (Å²) >= 11 is 0. The quantitative estimate of drug-likeness (QED) is 0.0626. The second-order valence-corrected chi connectivity index (χ2v) is 23.2. The Morgan fingerprint density at radius 1 is 0.262 bits per heavy atom. The Kier molecular flexibility index (Phi) is 15.9. The number of hydrogen-bond donors (Lipinski definition) is 0. The summed E-state index contributed by atoms with van der Waals surface area (Å²) in [5.41, 5.74) is 26.2. The van der Waals surface area contributed by atoms with Crippen LogP contribution in [-0.2, 0) is 18.3 Å². The first-order valence-electron chi connectivity index (χ1n) is 31.0. The summed E-state index contributed by atoms with van der Waals surface area (Å²) < 4.78 is 0. The van der Waals surface area contributed by atoms with Gasteiger partial charge in [0.15, 0.2) is 0 Å². The Bertz CT molecular complexity index is 3910. The van der Waals surface area contributed by atoms with Crippen molar-refractivity contribution in [2.24, 2.45) is 0 Å². The molecule has 0 spiro atoms. The van der Waals surface area contributed by atoms with Gasteiger partial charge in [-0.05, 0) is 202 Å². The molecule has 0 N–H and O–H groups in total. The lowest BCUT2D eigenvalue weighted by Gasteiger charge is -2.34. The van der Waals surface area contributed by atoms with Gasteiger partial charge in [-0.2, -0.15) is 0 Å². The zero-order valence-electron chi connectivity index (χ0n) is 48.8. The fraction of sp³-hybridized carbons (Fsp3) is 0.185. The molecule has 3 nitrogen and oxygen atoms in total. The average Bonchev–Trinajstić information content (AvgIpc) is 3.73. The van der Waals surface area contributed by atoms with E-state index in [0.29, 0.717) is 0 Å². The van der Waals surface area contributed by atoms with Crippen molar-refractivity contribution in [3.63, 3.8) is 0 Å². The van der Waals surface area contributed by atoms with Gasteiger partial charge < -0.3 is 14.7 Å². The van der Waals surface area contributed by atoms with Crippen LogP contribution >= 0.6 is 0 Å². The van der Waals surface area contributed by atoms with Crippen LogP contribution in [0.5, 0.6) is 0 Å². The highest BCUT2D eigenvalue weighted by Crippen LogP contribution is 2.56. The van der Waals surface area contributed by atoms with Crippen LogP contribution in [0.3, 0.4) is 0 Å². The zero-order chi connectivity index (χ0) is 56.7. The van der Waals surface area contributed by atoms with Crippen LogP contribution in [0.25, 0.3) is 44.5 Å². The maximum absolute atomic E-state index is 2.58. The van der Waals surface area contributed by atoms with Gasteiger partial charge in [-0.15, -0.1) is 0 Å². The molecule has 0 amide bonds. The number of hydrogen-bond acceptors (Lipinski definition) is 3. The number of fused-ring (bicyclic) bond motifs is 4. The fourth-order valence-corrected chi connectivity index (χ4v) is 13.4. The molecule has 84 heavy (non-hydrogen) atoms. The maximum Gasteiger partial charge on any atom is 0.0467 e. The molecule has 0 aromatic heterocycles. The molecule has 2 aliphatic carbocycles. The molecule has 0 fully saturated rings. The number of rotatable bonds is 22. The molecule has 3 heteroatoms. The molecule has 0 radical (unpaired) electrons. The van der Waals surface area contributed by atoms with E-state index >= 15 is 0 Å². The first-order valence-corrected chi connectivity index (χ1v) is 31.0. The van der Waals surface area contributed by atoms with Crippen molar-refractivity contribution < 1.29 is 0 Å². The van der Waals surface area contributed by atoms with E-state index in [0.717, 1.165) is 45.5 Å². The Morgan fingerprint density at radius 3 is 1.08 bits per heavy atom. The Morgan fingerprint density at radius 2 is 0.631 bits per heavy atom. The van der Waals surface area contributed by atoms with Gasteiger partial charge in [-0.1, -0.05) is 229 Å². The lowest BCUT2D eigenvalue weighted by atomic mass is 9.70. The maximum atomic E-state index is 2.58. The summed E-state index contributed by atoms with van der Waals surface area (Å²) in [4.78, 5) is 7.19. The van der Waals surface area contributed by atoms with Gasteiger partial charge in [0.2, 0.25) is 0 Å². The topological polar surface area (TPSA) is 9.72 Å². The van der Waals surface area contributed by atoms with Crippen molar-refractivity contribution in [3.05, 3.63) is 295 Å². The van der Waals surface area contributed by atoms with Crippen molar-refractivity contribution >= 4 is 51.2 Å². The van der Waals surface area contributed by atoms with Gasteiger partial charge in [-0.3, -0.25) is 0 Å². The van der Waals surface area contributed by atoms with Crippen LogP contribution in [0.15, 0.2) is 273 Å². The molecule has 11 aromatic carbocycles. The summed E-state index contributed by atoms with van der Waals surface area (Å²) in [5.74, 6) is 0. The monoisotopic (exact) mass is 1090 g/mol. The summed E-state index contributed by atoms with van der Waals surface area (Å²) in [7, 11) is 0. The van der Waals surface area contributed by atoms with E-state index in [-0.39, 0.29) is 5.41 Å². The molecule has 414 valence electrons. The third kappa shape index (κ3) is 11.0. The first kappa shape index (κ1) is 54.1. The van der Waals surface area contributed by atoms with Crippen molar-refractivity contribution in [3.8, 4) is 44.5 Å². The standard InChI is InChI=1S/C81H75N3/c1-3-5-7-20-55-81(56-21-8-6-4-2)79-32-19-18-31-77(79)78-54-53-76(59-80(78)81)84(73-49-41-62(42-50-73)60-37-45-71(46-38-60)82(68-24-12-9-13-25-68)69-26-14-10-15-27-69)74-51-43-63(44-52-74)61-39-47-72(48-40-61)83(70-28-16-11-17-29-70)75-30-22-23-65(58-75)67-36-34-64-33-35-66(64)57-67/h9-19,22-32,34,36-54,57-59H,3-8,20-21,33,35,55-56H2,1-2H3. The smallest absolute Gasteiger partial charge is 0.0467 e. The predicted molar refractivity (Wildman–Crippen MR) is 358 cm³/mol. The minimum atomic E-state index is -0.0287. The van der Waals surface area contributed by atoms with Crippen molar-refractivity contribution in [1.82, 2.24) is 0 Å². The van der Waals surface area contributed by atoms with Crippen LogP contribution in [0.2, 0.25) is 0 Å². The molecule has 11 aromatic rings. The van der Waals surface area contributed by atoms with Gasteiger partial charge >= 0.3 is 0 Å². The van der Waals surface area contributed by atoms with Gasteiger partial charge in [0.25, 0.3) is 0 Å². The SMILES string of the molecule is CCCCCCC1(CCCCCC)c2ccccc2-c2ccc(N(c3ccc(-c4ccc(N(c5ccccc5)c5ccccc5)cc4)cc3)c3ccc(-c4ccc(N(c5ccccc5)c5cccc(-c6ccc7c(c6)CC7)c5)cc4)cc3)cc21. The van der Waals surface area contributed by atoms with Crippen molar-refractivity contribution in [1.29, 1.82) is 0 Å². The van der Waals surface area contributed by atoms with Crippen LogP contribution in [0, 0.1) is 0 Å². The fourth-order valence-electron chi connectivity index (χ4n) is 13.4. The van der Waals surface area contributed by atoms with E-state index in [4.69, 9.17) is 0 Å². The van der Waals surface area contributed by atoms with Gasteiger partial charge in [0, 0.05) is 56.6 Å². The van der Waals surface area contributed by atoms with Crippen molar-refractivity contribution in [2.45, 2.75) is 96.3 Å². The van der Waals surface area contributed by atoms with Crippen LogP contribution in [-0.4, -0.2) is 0 Å². The molecule has 2 aliphatic rings. The number of para-hydroxylation sites is 3. The number of anilines is 9. The Labute approximate surface area is 499 Å². The predicted octanol–water partition coefficient (Wildman–Crippen LogP) is 23.4. The lowest BCUT2D eigenvalue weighted by Crippen LogP contribution is -2.26.